The standard InChI is InChI=1S/C12H13N5O2/c13-4-1-7-8(2-5(4)14)19-12-9(18-7)3-6(15)10(16)11(12)17/h1-3H,13-17H2. The first-order chi connectivity index (χ1) is 8.97. The topological polar surface area (TPSA) is 149 Å². The molecule has 1 aliphatic rings. The second-order valence-corrected chi connectivity index (χ2v) is 4.25. The summed E-state index contributed by atoms with van der Waals surface area (Å²) in [5.41, 5.74) is 30.4. The van der Waals surface area contributed by atoms with Crippen LogP contribution >= 0.6 is 0 Å². The Balaban J connectivity index is 2.17. The fraction of sp³-hybridized carbons (Fsp3) is 0. The molecule has 7 heteroatoms. The van der Waals surface area contributed by atoms with Crippen LogP contribution in [0.3, 0.4) is 0 Å². The fourth-order valence-electron chi connectivity index (χ4n) is 1.86. The summed E-state index contributed by atoms with van der Waals surface area (Å²) in [6, 6.07) is 4.70. The molecule has 2 aromatic carbocycles. The summed E-state index contributed by atoms with van der Waals surface area (Å²) in [5, 5.41) is 0. The van der Waals surface area contributed by atoms with Crippen LogP contribution in [0.25, 0.3) is 0 Å². The highest BCUT2D eigenvalue weighted by atomic mass is 16.6. The van der Waals surface area contributed by atoms with Crippen molar-refractivity contribution < 1.29 is 9.47 Å². The Kier molecular flexibility index (Phi) is 2.06. The molecule has 10 N–H and O–H groups in total. The van der Waals surface area contributed by atoms with Crippen LogP contribution in [0.4, 0.5) is 28.4 Å². The molecule has 1 heterocycles. The van der Waals surface area contributed by atoms with Gasteiger partial charge in [0.15, 0.2) is 23.0 Å². The van der Waals surface area contributed by atoms with Crippen molar-refractivity contribution >= 4 is 28.4 Å². The van der Waals surface area contributed by atoms with E-state index in [1.54, 1.807) is 18.2 Å². The molecule has 0 atom stereocenters. The molecule has 0 saturated heterocycles. The van der Waals surface area contributed by atoms with Crippen LogP contribution in [0.5, 0.6) is 23.0 Å². The summed E-state index contributed by atoms with van der Waals surface area (Å²) >= 11 is 0. The summed E-state index contributed by atoms with van der Waals surface area (Å²) in [7, 11) is 0. The third-order valence-corrected chi connectivity index (χ3v) is 2.94. The number of anilines is 5. The molecule has 7 nitrogen and oxygen atoms in total. The van der Waals surface area contributed by atoms with E-state index in [1.807, 2.05) is 0 Å². The molecule has 1 aliphatic heterocycles. The van der Waals surface area contributed by atoms with E-state index in [-0.39, 0.29) is 11.4 Å². The molecular formula is C12H13N5O2. The Morgan fingerprint density at radius 3 is 1.74 bits per heavy atom. The molecule has 0 amide bonds. The van der Waals surface area contributed by atoms with Gasteiger partial charge >= 0.3 is 0 Å². The van der Waals surface area contributed by atoms with Gasteiger partial charge in [-0.2, -0.15) is 0 Å². The Bertz CT molecular complexity index is 699. The lowest BCUT2D eigenvalue weighted by molar-refractivity contribution is 0.362. The maximum atomic E-state index is 5.86. The van der Waals surface area contributed by atoms with Gasteiger partial charge < -0.3 is 38.1 Å². The van der Waals surface area contributed by atoms with Gasteiger partial charge in [0.25, 0.3) is 0 Å². The van der Waals surface area contributed by atoms with Crippen LogP contribution in [0, 0.1) is 0 Å². The lowest BCUT2D eigenvalue weighted by Crippen LogP contribution is -2.08. The Labute approximate surface area is 108 Å². The first-order valence-corrected chi connectivity index (χ1v) is 5.49. The monoisotopic (exact) mass is 259 g/mol. The zero-order chi connectivity index (χ0) is 13.7. The van der Waals surface area contributed by atoms with Crippen molar-refractivity contribution in [2.75, 3.05) is 28.7 Å². The normalized spacial score (nSPS) is 12.0. The van der Waals surface area contributed by atoms with E-state index in [0.29, 0.717) is 40.1 Å². The van der Waals surface area contributed by atoms with Gasteiger partial charge in [-0.25, -0.2) is 0 Å². The molecular weight excluding hydrogens is 246 g/mol. The molecule has 2 aromatic rings. The first kappa shape index (κ1) is 11.1. The molecule has 0 aliphatic carbocycles. The molecule has 0 saturated carbocycles. The second-order valence-electron chi connectivity index (χ2n) is 4.25. The molecule has 0 aromatic heterocycles. The van der Waals surface area contributed by atoms with Crippen LogP contribution in [0.15, 0.2) is 18.2 Å². The Morgan fingerprint density at radius 2 is 1.11 bits per heavy atom. The van der Waals surface area contributed by atoms with E-state index in [2.05, 4.69) is 0 Å². The minimum atomic E-state index is 0.232. The second kappa shape index (κ2) is 3.52. The molecule has 3 rings (SSSR count). The summed E-state index contributed by atoms with van der Waals surface area (Å²) in [4.78, 5) is 0. The van der Waals surface area contributed by atoms with E-state index < -0.39 is 0 Å². The van der Waals surface area contributed by atoms with Crippen molar-refractivity contribution in [2.45, 2.75) is 0 Å². The lowest BCUT2D eigenvalue weighted by Gasteiger charge is -2.23. The SMILES string of the molecule is Nc1cc2c(cc1N)Oc1c(cc(N)c(N)c1N)O2. The molecule has 0 bridgehead atoms. The molecule has 0 spiro atoms. The van der Waals surface area contributed by atoms with Crippen molar-refractivity contribution in [2.24, 2.45) is 0 Å². The highest BCUT2D eigenvalue weighted by Gasteiger charge is 2.24. The largest absolute Gasteiger partial charge is 0.449 e. The van der Waals surface area contributed by atoms with Crippen LogP contribution in [-0.4, -0.2) is 0 Å². The molecule has 98 valence electrons. The molecule has 19 heavy (non-hydrogen) atoms. The van der Waals surface area contributed by atoms with Gasteiger partial charge in [0.2, 0.25) is 0 Å². The van der Waals surface area contributed by atoms with Crippen molar-refractivity contribution in [3.05, 3.63) is 18.2 Å². The fourth-order valence-corrected chi connectivity index (χ4v) is 1.86. The third-order valence-electron chi connectivity index (χ3n) is 2.94. The number of benzene rings is 2. The Hall–Kier alpha value is -2.96. The minimum Gasteiger partial charge on any atom is -0.449 e. The van der Waals surface area contributed by atoms with Crippen molar-refractivity contribution in [3.63, 3.8) is 0 Å². The van der Waals surface area contributed by atoms with Crippen LogP contribution in [0.1, 0.15) is 0 Å². The zero-order valence-corrected chi connectivity index (χ0v) is 9.94. The van der Waals surface area contributed by atoms with Crippen LogP contribution < -0.4 is 38.1 Å². The smallest absolute Gasteiger partial charge is 0.195 e. The summed E-state index contributed by atoms with van der Waals surface area (Å²) < 4.78 is 11.3. The maximum Gasteiger partial charge on any atom is 0.195 e. The predicted molar refractivity (Wildman–Crippen MR) is 75.1 cm³/mol. The number of hydrogen-bond acceptors (Lipinski definition) is 7. The van der Waals surface area contributed by atoms with Crippen molar-refractivity contribution in [3.8, 4) is 23.0 Å². The summed E-state index contributed by atoms with van der Waals surface area (Å²) in [6.45, 7) is 0. The molecule has 0 unspecified atom stereocenters. The highest BCUT2D eigenvalue weighted by Crippen LogP contribution is 2.52. The number of nitrogens with two attached hydrogens (primary N) is 5. The quantitative estimate of drug-likeness (QED) is 0.384. The van der Waals surface area contributed by atoms with Crippen molar-refractivity contribution in [1.82, 2.24) is 0 Å². The van der Waals surface area contributed by atoms with E-state index in [9.17, 15) is 0 Å². The van der Waals surface area contributed by atoms with E-state index in [1.165, 1.54) is 0 Å². The average molecular weight is 259 g/mol. The lowest BCUT2D eigenvalue weighted by atomic mass is 10.1. The third kappa shape index (κ3) is 1.52. The highest BCUT2D eigenvalue weighted by molar-refractivity contribution is 5.87. The molecule has 0 fully saturated rings. The van der Waals surface area contributed by atoms with Gasteiger partial charge in [0.1, 0.15) is 5.69 Å². The summed E-state index contributed by atoms with van der Waals surface area (Å²) in [5.74, 6) is 1.59. The van der Waals surface area contributed by atoms with Crippen molar-refractivity contribution in [1.29, 1.82) is 0 Å². The van der Waals surface area contributed by atoms with E-state index in [0.717, 1.165) is 0 Å². The maximum absolute atomic E-state index is 5.86. The number of rotatable bonds is 0. The number of hydrogen-bond donors (Lipinski definition) is 5. The molecule has 0 radical (unpaired) electrons. The van der Waals surface area contributed by atoms with Gasteiger partial charge in [-0.3, -0.25) is 0 Å². The van der Waals surface area contributed by atoms with E-state index >= 15 is 0 Å². The summed E-state index contributed by atoms with van der Waals surface area (Å²) in [6.07, 6.45) is 0. The number of nitrogen functional groups attached to an aromatic ring is 5. The van der Waals surface area contributed by atoms with Gasteiger partial charge in [-0.05, 0) is 0 Å². The zero-order valence-electron chi connectivity index (χ0n) is 9.94. The van der Waals surface area contributed by atoms with Gasteiger partial charge in [0.05, 0.1) is 22.7 Å². The van der Waals surface area contributed by atoms with Gasteiger partial charge in [-0.15, -0.1) is 0 Å². The van der Waals surface area contributed by atoms with Crippen LogP contribution in [-0.2, 0) is 0 Å². The average Bonchev–Trinajstić information content (AvgIpc) is 2.37. The van der Waals surface area contributed by atoms with E-state index in [4.69, 9.17) is 38.1 Å². The van der Waals surface area contributed by atoms with Gasteiger partial charge in [-0.1, -0.05) is 0 Å². The minimum absolute atomic E-state index is 0.232. The predicted octanol–water partition coefficient (Wildman–Crippen LogP) is 1.50. The van der Waals surface area contributed by atoms with Crippen LogP contribution in [0.2, 0.25) is 0 Å². The Morgan fingerprint density at radius 1 is 0.579 bits per heavy atom. The number of fused-ring (bicyclic) bond motifs is 2. The first-order valence-electron chi connectivity index (χ1n) is 5.49. The number of ether oxygens (including phenoxy) is 2. The van der Waals surface area contributed by atoms with Gasteiger partial charge in [0, 0.05) is 18.2 Å².